The predicted octanol–water partition coefficient (Wildman–Crippen LogP) is 1.89. The Morgan fingerprint density at radius 2 is 2.04 bits per heavy atom. The Morgan fingerprint density at radius 3 is 2.74 bits per heavy atom. The monoisotopic (exact) mass is 310 g/mol. The van der Waals surface area contributed by atoms with E-state index in [0.717, 1.165) is 37.9 Å². The molecule has 0 bridgehead atoms. The minimum Gasteiger partial charge on any atom is -0.304 e. The van der Waals surface area contributed by atoms with E-state index >= 15 is 0 Å². The van der Waals surface area contributed by atoms with Crippen LogP contribution < -0.4 is 5.56 Å². The highest BCUT2D eigenvalue weighted by molar-refractivity contribution is 5.75. The Morgan fingerprint density at radius 1 is 1.26 bits per heavy atom. The third kappa shape index (κ3) is 3.27. The first-order valence-corrected chi connectivity index (χ1v) is 8.30. The molecule has 1 fully saturated rings. The van der Waals surface area contributed by atoms with Crippen molar-refractivity contribution in [2.45, 2.75) is 33.2 Å². The van der Waals surface area contributed by atoms with Crippen molar-refractivity contribution in [1.82, 2.24) is 19.4 Å². The molecule has 1 aliphatic heterocycles. The van der Waals surface area contributed by atoms with Gasteiger partial charge in [-0.15, -0.1) is 0 Å². The van der Waals surface area contributed by atoms with Gasteiger partial charge < -0.3 is 4.90 Å². The smallest absolute Gasteiger partial charge is 0.267 e. The van der Waals surface area contributed by atoms with Gasteiger partial charge in [-0.1, -0.05) is 18.8 Å². The highest BCUT2D eigenvalue weighted by Crippen LogP contribution is 2.16. The van der Waals surface area contributed by atoms with Crippen molar-refractivity contribution in [2.75, 3.05) is 19.6 Å². The maximum Gasteiger partial charge on any atom is 0.267 e. The number of aryl methyl sites for hydroxylation is 1. The third-order valence-electron chi connectivity index (χ3n) is 4.51. The van der Waals surface area contributed by atoms with Gasteiger partial charge in [0.1, 0.15) is 12.0 Å². The summed E-state index contributed by atoms with van der Waals surface area (Å²) in [6.07, 6.45) is 5.37. The lowest BCUT2D eigenvalue weighted by Gasteiger charge is -2.28. The molecule has 1 saturated heterocycles. The molecule has 120 valence electrons. The number of hydrogen-bond donors (Lipinski definition) is 0. The van der Waals surface area contributed by atoms with Gasteiger partial charge in [-0.25, -0.2) is 9.97 Å². The Labute approximate surface area is 136 Å². The first-order valence-electron chi connectivity index (χ1n) is 8.30. The van der Waals surface area contributed by atoms with Crippen LogP contribution in [0.2, 0.25) is 0 Å². The van der Waals surface area contributed by atoms with Crippen molar-refractivity contribution in [1.29, 1.82) is 0 Å². The summed E-state index contributed by atoms with van der Waals surface area (Å²) in [5, 5.41) is 0.860. The number of aromatic nitrogens is 3. The predicted molar refractivity (Wildman–Crippen MR) is 91.2 cm³/mol. The molecular formula is C18H22N4O. The third-order valence-corrected chi connectivity index (χ3v) is 4.51. The molecule has 0 aromatic carbocycles. The summed E-state index contributed by atoms with van der Waals surface area (Å²) < 4.78 is 1.67. The van der Waals surface area contributed by atoms with Crippen molar-refractivity contribution in [2.24, 2.45) is 5.92 Å². The second-order valence-electron chi connectivity index (χ2n) is 5.89. The molecule has 0 aliphatic carbocycles. The molecule has 0 N–H and O–H groups in total. The van der Waals surface area contributed by atoms with E-state index in [4.69, 9.17) is 0 Å². The summed E-state index contributed by atoms with van der Waals surface area (Å²) in [7, 11) is 0. The highest BCUT2D eigenvalue weighted by atomic mass is 16.1. The van der Waals surface area contributed by atoms with Gasteiger partial charge in [0.15, 0.2) is 0 Å². The normalized spacial score (nSPS) is 16.3. The number of rotatable bonds is 2. The molecule has 23 heavy (non-hydrogen) atoms. The Hall–Kier alpha value is -2.19. The van der Waals surface area contributed by atoms with Crippen molar-refractivity contribution in [3.05, 3.63) is 34.5 Å². The van der Waals surface area contributed by atoms with Crippen LogP contribution in [0.15, 0.2) is 23.4 Å². The topological polar surface area (TPSA) is 51.0 Å². The fourth-order valence-corrected chi connectivity index (χ4v) is 3.08. The molecule has 0 atom stereocenters. The fraction of sp³-hybridized carbons (Fsp3) is 0.500. The average molecular weight is 310 g/mol. The van der Waals surface area contributed by atoms with E-state index in [-0.39, 0.29) is 5.56 Å². The number of pyridine rings is 1. The van der Waals surface area contributed by atoms with Crippen molar-refractivity contribution in [3.8, 4) is 11.8 Å². The fourth-order valence-electron chi connectivity index (χ4n) is 3.08. The van der Waals surface area contributed by atoms with E-state index in [1.165, 1.54) is 6.33 Å². The van der Waals surface area contributed by atoms with E-state index in [0.29, 0.717) is 23.7 Å². The molecule has 0 unspecified atom stereocenters. The number of nitrogens with zero attached hydrogens (tertiary/aromatic N) is 4. The van der Waals surface area contributed by atoms with Crippen LogP contribution in [0.5, 0.6) is 0 Å². The Kier molecular flexibility index (Phi) is 4.73. The summed E-state index contributed by atoms with van der Waals surface area (Å²) in [6.45, 7) is 8.01. The molecule has 3 rings (SSSR count). The molecule has 0 spiro atoms. The van der Waals surface area contributed by atoms with Gasteiger partial charge in [0, 0.05) is 24.0 Å². The highest BCUT2D eigenvalue weighted by Gasteiger charge is 2.16. The molecule has 0 saturated carbocycles. The molecule has 1 aliphatic rings. The molecule has 3 heterocycles. The molecule has 5 heteroatoms. The zero-order valence-corrected chi connectivity index (χ0v) is 13.7. The van der Waals surface area contributed by atoms with Crippen LogP contribution in [0.1, 0.15) is 32.3 Å². The van der Waals surface area contributed by atoms with Crippen LogP contribution in [0.3, 0.4) is 0 Å². The van der Waals surface area contributed by atoms with Gasteiger partial charge in [0.25, 0.3) is 5.56 Å². The lowest BCUT2D eigenvalue weighted by molar-refractivity contribution is 0.216. The first-order chi connectivity index (χ1) is 11.2. The van der Waals surface area contributed by atoms with Crippen LogP contribution in [-0.2, 0) is 6.54 Å². The van der Waals surface area contributed by atoms with E-state index in [1.807, 2.05) is 13.0 Å². The van der Waals surface area contributed by atoms with Crippen LogP contribution >= 0.6 is 0 Å². The van der Waals surface area contributed by atoms with E-state index in [1.54, 1.807) is 10.8 Å². The second-order valence-corrected chi connectivity index (χ2v) is 5.89. The first kappa shape index (κ1) is 15.7. The van der Waals surface area contributed by atoms with Gasteiger partial charge in [0.05, 0.1) is 5.56 Å². The Bertz CT molecular complexity index is 807. The van der Waals surface area contributed by atoms with Gasteiger partial charge in [-0.3, -0.25) is 9.36 Å². The summed E-state index contributed by atoms with van der Waals surface area (Å²) in [4.78, 5) is 23.3. The standard InChI is InChI=1S/C18H22N4O/c1-3-21-9-7-14(8-10-21)5-6-15-11-16-12-19-13-20-17(16)22(4-2)18(15)23/h11-14H,3-4,7-10H2,1-2H3. The Balaban J connectivity index is 1.91. The van der Waals surface area contributed by atoms with Crippen molar-refractivity contribution >= 4 is 11.0 Å². The minimum absolute atomic E-state index is 0.0582. The number of piperidine rings is 1. The lowest BCUT2D eigenvalue weighted by atomic mass is 9.97. The lowest BCUT2D eigenvalue weighted by Crippen LogP contribution is -2.33. The zero-order chi connectivity index (χ0) is 16.2. The molecule has 0 amide bonds. The van der Waals surface area contributed by atoms with Crippen molar-refractivity contribution < 1.29 is 0 Å². The van der Waals surface area contributed by atoms with Crippen LogP contribution in [0.25, 0.3) is 11.0 Å². The van der Waals surface area contributed by atoms with Gasteiger partial charge in [-0.2, -0.15) is 0 Å². The van der Waals surface area contributed by atoms with Crippen LogP contribution in [-0.4, -0.2) is 39.1 Å². The number of likely N-dealkylation sites (tertiary alicyclic amines) is 1. The summed E-state index contributed by atoms with van der Waals surface area (Å²) >= 11 is 0. The maximum absolute atomic E-state index is 12.6. The van der Waals surface area contributed by atoms with Gasteiger partial charge in [-0.05, 0) is 45.5 Å². The molecular weight excluding hydrogens is 288 g/mol. The molecule has 0 radical (unpaired) electrons. The summed E-state index contributed by atoms with van der Waals surface area (Å²) in [6, 6.07) is 1.82. The largest absolute Gasteiger partial charge is 0.304 e. The second kappa shape index (κ2) is 6.93. The molecule has 2 aromatic rings. The summed E-state index contributed by atoms with van der Waals surface area (Å²) in [5.74, 6) is 6.82. The molecule has 2 aromatic heterocycles. The molecule has 5 nitrogen and oxygen atoms in total. The van der Waals surface area contributed by atoms with Crippen LogP contribution in [0, 0.1) is 17.8 Å². The van der Waals surface area contributed by atoms with E-state index in [2.05, 4.69) is 33.6 Å². The zero-order valence-electron chi connectivity index (χ0n) is 13.7. The minimum atomic E-state index is -0.0582. The van der Waals surface area contributed by atoms with Crippen molar-refractivity contribution in [3.63, 3.8) is 0 Å². The number of hydrogen-bond acceptors (Lipinski definition) is 4. The number of fused-ring (bicyclic) bond motifs is 1. The summed E-state index contributed by atoms with van der Waals surface area (Å²) in [5.41, 5.74) is 1.17. The van der Waals surface area contributed by atoms with Crippen LogP contribution in [0.4, 0.5) is 0 Å². The van der Waals surface area contributed by atoms with Gasteiger partial charge in [0.2, 0.25) is 0 Å². The maximum atomic E-state index is 12.6. The van der Waals surface area contributed by atoms with Gasteiger partial charge >= 0.3 is 0 Å². The van der Waals surface area contributed by atoms with E-state index in [9.17, 15) is 4.79 Å². The quantitative estimate of drug-likeness (QED) is 0.795. The average Bonchev–Trinajstić information content (AvgIpc) is 2.60. The van der Waals surface area contributed by atoms with E-state index < -0.39 is 0 Å². The SMILES string of the molecule is CCN1CCC(C#Cc2cc3cncnc3n(CC)c2=O)CC1.